The van der Waals surface area contributed by atoms with Gasteiger partial charge in [-0.1, -0.05) is 195 Å². The van der Waals surface area contributed by atoms with E-state index in [0.29, 0.717) is 18.1 Å². The first-order valence-corrected chi connectivity index (χ1v) is 21.1. The fourth-order valence-electron chi connectivity index (χ4n) is 7.22. The van der Waals surface area contributed by atoms with Crippen LogP contribution >= 0.6 is 23.5 Å². The molecule has 6 aromatic rings. The van der Waals surface area contributed by atoms with Gasteiger partial charge in [0.05, 0.1) is 21.5 Å². The Bertz CT molecular complexity index is 1850. The van der Waals surface area contributed by atoms with Crippen LogP contribution in [0.25, 0.3) is 0 Å². The zero-order valence-electron chi connectivity index (χ0n) is 31.4. The Balaban J connectivity index is 1.31. The van der Waals surface area contributed by atoms with Crippen LogP contribution in [-0.4, -0.2) is 35.8 Å². The van der Waals surface area contributed by atoms with E-state index in [4.69, 9.17) is 5.73 Å². The molecule has 6 heteroatoms. The van der Waals surface area contributed by atoms with Gasteiger partial charge in [0.25, 0.3) is 0 Å². The Morgan fingerprint density at radius 2 is 0.836 bits per heavy atom. The topological polar surface area (TPSA) is 72.2 Å². The van der Waals surface area contributed by atoms with Crippen molar-refractivity contribution in [2.45, 2.75) is 41.7 Å². The van der Waals surface area contributed by atoms with Crippen molar-refractivity contribution in [2.75, 3.05) is 18.1 Å². The first-order valence-electron chi connectivity index (χ1n) is 19.2. The maximum Gasteiger partial charge on any atom is 0.224 e. The number of carbonyl (C=O) groups excluding carboxylic acids is 2. The lowest BCUT2D eigenvalue weighted by molar-refractivity contribution is -0.129. The lowest BCUT2D eigenvalue weighted by atomic mass is 9.84. The number of ketones is 1. The Kier molecular flexibility index (Phi) is 14.2. The van der Waals surface area contributed by atoms with Gasteiger partial charge in [-0.3, -0.25) is 9.59 Å². The quantitative estimate of drug-likeness (QED) is 0.0635. The average molecular weight is 763 g/mol. The van der Waals surface area contributed by atoms with Gasteiger partial charge >= 0.3 is 0 Å². The second-order valence-corrected chi connectivity index (χ2v) is 16.3. The van der Waals surface area contributed by atoms with Crippen molar-refractivity contribution in [3.63, 3.8) is 0 Å². The van der Waals surface area contributed by atoms with Crippen LogP contribution in [0.2, 0.25) is 0 Å². The summed E-state index contributed by atoms with van der Waals surface area (Å²) < 4.78 is -1.22. The van der Waals surface area contributed by atoms with Crippen molar-refractivity contribution in [3.8, 4) is 0 Å². The number of thioether (sulfide) groups is 2. The predicted molar refractivity (Wildman–Crippen MR) is 232 cm³/mol. The minimum atomic E-state index is -0.779. The van der Waals surface area contributed by atoms with E-state index < -0.39 is 21.5 Å². The molecule has 0 aromatic heterocycles. The predicted octanol–water partition coefficient (Wildman–Crippen LogP) is 10.3. The number of unbranched alkanes of at least 4 members (excludes halogenated alkanes) is 1. The van der Waals surface area contributed by atoms with Crippen molar-refractivity contribution >= 4 is 35.2 Å². The highest BCUT2D eigenvalue weighted by molar-refractivity contribution is 8.01. The maximum atomic E-state index is 14.3. The molecule has 0 heterocycles. The van der Waals surface area contributed by atoms with Crippen LogP contribution in [0.1, 0.15) is 59.6 Å². The molecule has 0 aliphatic heterocycles. The third kappa shape index (κ3) is 9.33. The number of hydrogen-bond acceptors (Lipinski definition) is 5. The fraction of sp³-hybridized carbons (Fsp3) is 0.224. The number of nitrogens with two attached hydrogens (primary N) is 1. The first kappa shape index (κ1) is 39.8. The van der Waals surface area contributed by atoms with Gasteiger partial charge in [-0.2, -0.15) is 0 Å². The summed E-state index contributed by atoms with van der Waals surface area (Å²) in [5, 5.41) is 3.15. The molecule has 0 radical (unpaired) electrons. The molecule has 6 aromatic carbocycles. The molecule has 2 atom stereocenters. The Morgan fingerprint density at radius 3 is 1.15 bits per heavy atom. The highest BCUT2D eigenvalue weighted by atomic mass is 32.2. The third-order valence-corrected chi connectivity index (χ3v) is 13.5. The fourth-order valence-corrected chi connectivity index (χ4v) is 10.4. The van der Waals surface area contributed by atoms with Gasteiger partial charge in [-0.15, -0.1) is 23.5 Å². The summed E-state index contributed by atoms with van der Waals surface area (Å²) in [7, 11) is 0. The molecular formula is C49H50N2O2S2. The van der Waals surface area contributed by atoms with E-state index in [0.717, 1.165) is 46.2 Å². The number of nitrogens with one attached hydrogen (secondary N) is 1. The van der Waals surface area contributed by atoms with Gasteiger partial charge in [0, 0.05) is 24.5 Å². The second-order valence-electron chi connectivity index (χ2n) is 13.8. The van der Waals surface area contributed by atoms with E-state index in [1.807, 2.05) is 36.4 Å². The summed E-state index contributed by atoms with van der Waals surface area (Å²) in [6.45, 7) is 2.68. The van der Waals surface area contributed by atoms with E-state index in [-0.39, 0.29) is 18.1 Å². The van der Waals surface area contributed by atoms with Crippen LogP contribution in [0, 0.1) is 5.92 Å². The molecule has 1 amide bonds. The summed E-state index contributed by atoms with van der Waals surface area (Å²) in [6.07, 6.45) is 1.89. The Hall–Kier alpha value is -4.88. The zero-order chi connectivity index (χ0) is 38.4. The molecule has 3 N–H and O–H groups in total. The number of hydrogen-bond donors (Lipinski definition) is 2. The summed E-state index contributed by atoms with van der Waals surface area (Å²) >= 11 is 3.38. The third-order valence-electron chi connectivity index (χ3n) is 10.1. The van der Waals surface area contributed by atoms with Gasteiger partial charge in [-0.25, -0.2) is 0 Å². The van der Waals surface area contributed by atoms with Crippen LogP contribution in [0.15, 0.2) is 182 Å². The van der Waals surface area contributed by atoms with Crippen LogP contribution in [0.5, 0.6) is 0 Å². The Morgan fingerprint density at radius 1 is 0.527 bits per heavy atom. The summed E-state index contributed by atoms with van der Waals surface area (Å²) in [5.74, 6) is -0.00911. The molecule has 0 spiro atoms. The lowest BCUT2D eigenvalue weighted by Gasteiger charge is -2.37. The summed E-state index contributed by atoms with van der Waals surface area (Å²) in [4.78, 5) is 28.4. The number of carbonyl (C=O) groups is 2. The molecule has 55 heavy (non-hydrogen) atoms. The van der Waals surface area contributed by atoms with Crippen LogP contribution in [0.3, 0.4) is 0 Å². The van der Waals surface area contributed by atoms with Crippen LogP contribution < -0.4 is 11.1 Å². The largest absolute Gasteiger partial charge is 0.356 e. The van der Waals surface area contributed by atoms with E-state index in [1.165, 1.54) is 0 Å². The highest BCUT2D eigenvalue weighted by Crippen LogP contribution is 2.50. The van der Waals surface area contributed by atoms with Gasteiger partial charge in [0.1, 0.15) is 0 Å². The summed E-state index contributed by atoms with van der Waals surface area (Å²) in [5.41, 5.74) is 13.5. The number of Topliss-reactive ketones (excluding diaryl/α,β-unsaturated/α-hetero) is 1. The van der Waals surface area contributed by atoms with Crippen molar-refractivity contribution in [3.05, 3.63) is 215 Å². The van der Waals surface area contributed by atoms with E-state index in [1.54, 1.807) is 23.5 Å². The number of rotatable bonds is 19. The molecule has 0 unspecified atom stereocenters. The minimum Gasteiger partial charge on any atom is -0.356 e. The maximum absolute atomic E-state index is 14.3. The van der Waals surface area contributed by atoms with Crippen molar-refractivity contribution in [2.24, 2.45) is 11.7 Å². The van der Waals surface area contributed by atoms with Gasteiger partial charge in [0.2, 0.25) is 5.91 Å². The van der Waals surface area contributed by atoms with Gasteiger partial charge in [-0.05, 0) is 39.8 Å². The molecule has 0 saturated heterocycles. The van der Waals surface area contributed by atoms with Crippen molar-refractivity contribution < 1.29 is 9.59 Å². The molecule has 0 aliphatic carbocycles. The van der Waals surface area contributed by atoms with Gasteiger partial charge < -0.3 is 11.1 Å². The molecule has 6 rings (SSSR count). The molecule has 0 saturated carbocycles. The number of benzene rings is 6. The standard InChI is InChI=1S/C49H50N2O2S2/c1-2-3-34-51-47(53)38(36-54-48(39-22-10-4-11-23-39,40-24-12-5-13-25-40)41-26-14-6-15-27-41)35-46(52)45(50)37-55-49(42-28-16-7-17-29-42,43-30-18-8-19-31-43)44-32-20-9-21-33-44/h4-33,38,45H,2-3,34-37,50H2,1H3,(H,51,53)/t38-,45-/m0/s1. The minimum absolute atomic E-state index is 0.0517. The van der Waals surface area contributed by atoms with E-state index in [2.05, 4.69) is 158 Å². The average Bonchev–Trinajstić information content (AvgIpc) is 3.26. The van der Waals surface area contributed by atoms with E-state index in [9.17, 15) is 9.59 Å². The summed E-state index contributed by atoms with van der Waals surface area (Å²) in [6, 6.07) is 61.9. The lowest BCUT2D eigenvalue weighted by Crippen LogP contribution is -2.41. The highest BCUT2D eigenvalue weighted by Gasteiger charge is 2.40. The monoisotopic (exact) mass is 762 g/mol. The van der Waals surface area contributed by atoms with Gasteiger partial charge in [0.15, 0.2) is 5.78 Å². The smallest absolute Gasteiger partial charge is 0.224 e. The molecule has 0 fully saturated rings. The van der Waals surface area contributed by atoms with E-state index >= 15 is 0 Å². The van der Waals surface area contributed by atoms with Crippen LogP contribution in [0.4, 0.5) is 0 Å². The van der Waals surface area contributed by atoms with Crippen molar-refractivity contribution in [1.29, 1.82) is 0 Å². The zero-order valence-corrected chi connectivity index (χ0v) is 33.1. The van der Waals surface area contributed by atoms with Crippen LogP contribution in [-0.2, 0) is 19.1 Å². The Labute approximate surface area is 335 Å². The molecule has 0 bridgehead atoms. The van der Waals surface area contributed by atoms with Crippen molar-refractivity contribution in [1.82, 2.24) is 5.32 Å². The molecule has 0 aliphatic rings. The first-order chi connectivity index (χ1) is 27.0. The molecular weight excluding hydrogens is 713 g/mol. The number of amides is 1. The normalized spacial score (nSPS) is 12.8. The SMILES string of the molecule is CCCCNC(=O)[C@H](CSC(c1ccccc1)(c1ccccc1)c1ccccc1)CC(=O)[C@@H](N)CSC(c1ccccc1)(c1ccccc1)c1ccccc1. The molecule has 4 nitrogen and oxygen atoms in total. The molecule has 280 valence electrons. The second kappa shape index (κ2) is 19.6.